The van der Waals surface area contributed by atoms with E-state index in [0.29, 0.717) is 0 Å². The molecule has 12 heavy (non-hydrogen) atoms. The third kappa shape index (κ3) is 2.31. The molecule has 1 aliphatic heterocycles. The van der Waals surface area contributed by atoms with Crippen LogP contribution in [0.25, 0.3) is 0 Å². The van der Waals surface area contributed by atoms with Crippen LogP contribution < -0.4 is 5.43 Å². The predicted molar refractivity (Wildman–Crippen MR) is 52.7 cm³/mol. The van der Waals surface area contributed by atoms with Gasteiger partial charge >= 0.3 is 0 Å². The number of rotatable bonds is 2. The van der Waals surface area contributed by atoms with Gasteiger partial charge in [-0.2, -0.15) is 5.10 Å². The van der Waals surface area contributed by atoms with Gasteiger partial charge in [-0.3, -0.25) is 5.43 Å². The van der Waals surface area contributed by atoms with Crippen molar-refractivity contribution in [2.75, 3.05) is 6.54 Å². The Morgan fingerprint density at radius 3 is 2.75 bits per heavy atom. The molecule has 1 rings (SSSR count). The largest absolute Gasteiger partial charge is 0.336 e. The first kappa shape index (κ1) is 10.2. The SMILES string of the molecule is CCCN1C=NNC1C(Cl)(Cl)Cl. The maximum absolute atomic E-state index is 5.72. The highest BCUT2D eigenvalue weighted by molar-refractivity contribution is 6.68. The zero-order chi connectivity index (χ0) is 9.19. The van der Waals surface area contributed by atoms with Crippen molar-refractivity contribution in [1.82, 2.24) is 10.3 Å². The van der Waals surface area contributed by atoms with E-state index in [1.807, 2.05) is 4.90 Å². The van der Waals surface area contributed by atoms with E-state index in [1.54, 1.807) is 6.34 Å². The number of nitrogens with one attached hydrogen (secondary N) is 1. The summed E-state index contributed by atoms with van der Waals surface area (Å²) < 4.78 is -1.34. The highest BCUT2D eigenvalue weighted by Gasteiger charge is 2.38. The summed E-state index contributed by atoms with van der Waals surface area (Å²) in [5.74, 6) is 0. The van der Waals surface area contributed by atoms with Crippen molar-refractivity contribution >= 4 is 41.1 Å². The molecule has 70 valence electrons. The second-order valence-corrected chi connectivity index (χ2v) is 4.92. The minimum atomic E-state index is -1.34. The van der Waals surface area contributed by atoms with Gasteiger partial charge in [-0.15, -0.1) is 0 Å². The fraction of sp³-hybridized carbons (Fsp3) is 0.833. The van der Waals surface area contributed by atoms with Crippen molar-refractivity contribution in [3.8, 4) is 0 Å². The highest BCUT2D eigenvalue weighted by Crippen LogP contribution is 2.32. The smallest absolute Gasteiger partial charge is 0.230 e. The Hall–Kier alpha value is 0.140. The summed E-state index contributed by atoms with van der Waals surface area (Å²) in [4.78, 5) is 1.87. The van der Waals surface area contributed by atoms with Crippen LogP contribution in [-0.2, 0) is 0 Å². The molecule has 3 nitrogen and oxygen atoms in total. The number of hydrazone groups is 1. The van der Waals surface area contributed by atoms with E-state index in [2.05, 4.69) is 17.5 Å². The Morgan fingerprint density at radius 1 is 1.58 bits per heavy atom. The lowest BCUT2D eigenvalue weighted by atomic mass is 10.4. The monoisotopic (exact) mass is 229 g/mol. The van der Waals surface area contributed by atoms with E-state index in [0.717, 1.165) is 13.0 Å². The molecular formula is C6H10Cl3N3. The van der Waals surface area contributed by atoms with Gasteiger partial charge in [0.25, 0.3) is 0 Å². The Labute approximate surface area is 86.6 Å². The molecule has 1 unspecified atom stereocenters. The average molecular weight is 231 g/mol. The lowest BCUT2D eigenvalue weighted by molar-refractivity contribution is 0.308. The molecule has 1 N–H and O–H groups in total. The van der Waals surface area contributed by atoms with Crippen LogP contribution in [0.3, 0.4) is 0 Å². The van der Waals surface area contributed by atoms with E-state index < -0.39 is 3.79 Å². The number of nitrogens with zero attached hydrogens (tertiary/aromatic N) is 2. The van der Waals surface area contributed by atoms with Crippen molar-refractivity contribution < 1.29 is 0 Å². The first-order valence-corrected chi connectivity index (χ1v) is 4.80. The van der Waals surface area contributed by atoms with Gasteiger partial charge in [-0.05, 0) is 6.42 Å². The van der Waals surface area contributed by atoms with E-state index in [-0.39, 0.29) is 6.17 Å². The second kappa shape index (κ2) is 3.90. The summed E-state index contributed by atoms with van der Waals surface area (Å²) in [6, 6.07) is 0. The molecule has 0 saturated heterocycles. The van der Waals surface area contributed by atoms with Gasteiger partial charge in [0, 0.05) is 6.54 Å². The van der Waals surface area contributed by atoms with Crippen LogP contribution >= 0.6 is 34.8 Å². The normalized spacial score (nSPS) is 23.0. The topological polar surface area (TPSA) is 27.6 Å². The molecule has 0 aromatic carbocycles. The molecule has 1 heterocycles. The molecule has 6 heteroatoms. The third-order valence-electron chi connectivity index (χ3n) is 1.53. The maximum atomic E-state index is 5.72. The Bertz CT molecular complexity index is 177. The third-order valence-corrected chi connectivity index (χ3v) is 2.15. The number of hydrogen-bond acceptors (Lipinski definition) is 3. The molecule has 0 aromatic rings. The van der Waals surface area contributed by atoms with Crippen molar-refractivity contribution in [2.45, 2.75) is 23.3 Å². The quantitative estimate of drug-likeness (QED) is 0.734. The summed E-state index contributed by atoms with van der Waals surface area (Å²) in [5.41, 5.74) is 2.73. The lowest BCUT2D eigenvalue weighted by Gasteiger charge is -2.28. The molecule has 1 aliphatic rings. The van der Waals surface area contributed by atoms with Gasteiger partial charge in [0.05, 0.1) is 0 Å². The zero-order valence-electron chi connectivity index (χ0n) is 6.60. The van der Waals surface area contributed by atoms with Crippen molar-refractivity contribution in [3.63, 3.8) is 0 Å². The van der Waals surface area contributed by atoms with Crippen LogP contribution in [0.5, 0.6) is 0 Å². The van der Waals surface area contributed by atoms with E-state index in [9.17, 15) is 0 Å². The Kier molecular flexibility index (Phi) is 3.32. The summed E-state index contributed by atoms with van der Waals surface area (Å²) in [7, 11) is 0. The first-order chi connectivity index (χ1) is 5.55. The molecule has 0 spiro atoms. The first-order valence-electron chi connectivity index (χ1n) is 3.67. The van der Waals surface area contributed by atoms with Crippen LogP contribution in [-0.4, -0.2) is 27.7 Å². The van der Waals surface area contributed by atoms with Crippen LogP contribution in [0.15, 0.2) is 5.10 Å². The zero-order valence-corrected chi connectivity index (χ0v) is 8.87. The average Bonchev–Trinajstić information content (AvgIpc) is 2.34. The van der Waals surface area contributed by atoms with E-state index in [4.69, 9.17) is 34.8 Å². The Morgan fingerprint density at radius 2 is 2.25 bits per heavy atom. The number of alkyl halides is 3. The summed E-state index contributed by atoms with van der Waals surface area (Å²) in [6.45, 7) is 2.89. The standard InChI is InChI=1S/C6H10Cl3N3/c1-2-3-12-4-10-11-5(12)6(7,8)9/h4-5,11H,2-3H2,1H3. The predicted octanol–water partition coefficient (Wildman–Crippen LogP) is 1.94. The number of hydrogen-bond donors (Lipinski definition) is 1. The minimum Gasteiger partial charge on any atom is -0.336 e. The molecule has 0 saturated carbocycles. The molecular weight excluding hydrogens is 220 g/mol. The van der Waals surface area contributed by atoms with Crippen molar-refractivity contribution in [1.29, 1.82) is 0 Å². The fourth-order valence-electron chi connectivity index (χ4n) is 1.03. The van der Waals surface area contributed by atoms with E-state index >= 15 is 0 Å². The van der Waals surface area contributed by atoms with Gasteiger partial charge in [0.2, 0.25) is 3.79 Å². The van der Waals surface area contributed by atoms with Crippen molar-refractivity contribution in [3.05, 3.63) is 0 Å². The van der Waals surface area contributed by atoms with Crippen LogP contribution in [0.4, 0.5) is 0 Å². The van der Waals surface area contributed by atoms with Crippen LogP contribution in [0.1, 0.15) is 13.3 Å². The van der Waals surface area contributed by atoms with Gasteiger partial charge in [0.15, 0.2) is 6.17 Å². The van der Waals surface area contributed by atoms with Crippen molar-refractivity contribution in [2.24, 2.45) is 5.10 Å². The Balaban J connectivity index is 2.56. The second-order valence-electron chi connectivity index (χ2n) is 2.56. The van der Waals surface area contributed by atoms with Gasteiger partial charge in [-0.1, -0.05) is 41.7 Å². The maximum Gasteiger partial charge on any atom is 0.230 e. The lowest BCUT2D eigenvalue weighted by Crippen LogP contribution is -2.46. The molecule has 0 aromatic heterocycles. The summed E-state index contributed by atoms with van der Waals surface area (Å²) in [5, 5.41) is 3.83. The van der Waals surface area contributed by atoms with Gasteiger partial charge in [-0.25, -0.2) is 0 Å². The molecule has 0 amide bonds. The molecule has 1 atom stereocenters. The molecule has 0 bridgehead atoms. The van der Waals surface area contributed by atoms with Gasteiger partial charge in [0.1, 0.15) is 6.34 Å². The van der Waals surface area contributed by atoms with Gasteiger partial charge < -0.3 is 4.90 Å². The fourth-order valence-corrected chi connectivity index (χ4v) is 1.55. The van der Waals surface area contributed by atoms with E-state index in [1.165, 1.54) is 0 Å². The summed E-state index contributed by atoms with van der Waals surface area (Å²) >= 11 is 17.1. The molecule has 0 radical (unpaired) electrons. The highest BCUT2D eigenvalue weighted by atomic mass is 35.6. The molecule has 0 aliphatic carbocycles. The number of halogens is 3. The van der Waals surface area contributed by atoms with Crippen LogP contribution in [0, 0.1) is 0 Å². The minimum absolute atomic E-state index is 0.345. The molecule has 0 fully saturated rings. The van der Waals surface area contributed by atoms with Crippen LogP contribution in [0.2, 0.25) is 0 Å². The summed E-state index contributed by atoms with van der Waals surface area (Å²) in [6.07, 6.45) is 2.29.